The van der Waals surface area contributed by atoms with Crippen LogP contribution < -0.4 is 5.73 Å². The fourth-order valence-electron chi connectivity index (χ4n) is 3.02. The number of rotatable bonds is 4. The molecule has 4 rings (SSSR count). The monoisotopic (exact) mass is 333 g/mol. The van der Waals surface area contributed by atoms with Gasteiger partial charge in [-0.05, 0) is 32.6 Å². The first-order chi connectivity index (χ1) is 11.2. The highest BCUT2D eigenvalue weighted by Crippen LogP contribution is 2.25. The zero-order chi connectivity index (χ0) is 15.8. The van der Waals surface area contributed by atoms with Gasteiger partial charge < -0.3 is 15.0 Å². The van der Waals surface area contributed by atoms with Gasteiger partial charge in [-0.1, -0.05) is 5.16 Å². The Morgan fingerprint density at radius 3 is 3.00 bits per heavy atom. The van der Waals surface area contributed by atoms with Gasteiger partial charge in [0.15, 0.2) is 4.96 Å². The first kappa shape index (κ1) is 14.8. The van der Waals surface area contributed by atoms with Crippen LogP contribution in [0.25, 0.3) is 16.5 Å². The Kier molecular flexibility index (Phi) is 3.88. The van der Waals surface area contributed by atoms with Crippen molar-refractivity contribution < 1.29 is 9.26 Å². The molecule has 0 bridgehead atoms. The standard InChI is InChI=1S/C15H19N5O2S/c1-9-13(20-6-7-23-15(20)17-9)14-18-12(22-19-14)8-21-11-4-2-10(16)3-5-11/h6-7,10-11H,2-5,8,16H2,1H3. The summed E-state index contributed by atoms with van der Waals surface area (Å²) in [5, 5.41) is 6.07. The van der Waals surface area contributed by atoms with Gasteiger partial charge >= 0.3 is 0 Å². The lowest BCUT2D eigenvalue weighted by molar-refractivity contribution is 0.00192. The van der Waals surface area contributed by atoms with Crippen LogP contribution in [-0.2, 0) is 11.3 Å². The number of hydrogen-bond acceptors (Lipinski definition) is 7. The first-order valence-corrected chi connectivity index (χ1v) is 8.71. The summed E-state index contributed by atoms with van der Waals surface area (Å²) in [6.07, 6.45) is 6.24. The van der Waals surface area contributed by atoms with Gasteiger partial charge in [-0.2, -0.15) is 4.98 Å². The van der Waals surface area contributed by atoms with Gasteiger partial charge in [0, 0.05) is 17.6 Å². The zero-order valence-corrected chi connectivity index (χ0v) is 13.8. The van der Waals surface area contributed by atoms with Gasteiger partial charge in [-0.15, -0.1) is 11.3 Å². The maximum atomic E-state index is 5.91. The highest BCUT2D eigenvalue weighted by atomic mass is 32.1. The van der Waals surface area contributed by atoms with E-state index in [9.17, 15) is 0 Å². The largest absolute Gasteiger partial charge is 0.368 e. The maximum absolute atomic E-state index is 5.91. The summed E-state index contributed by atoms with van der Waals surface area (Å²) >= 11 is 1.58. The quantitative estimate of drug-likeness (QED) is 0.789. The second-order valence-electron chi connectivity index (χ2n) is 5.96. The van der Waals surface area contributed by atoms with Crippen LogP contribution in [0.5, 0.6) is 0 Å². The number of aryl methyl sites for hydroxylation is 1. The van der Waals surface area contributed by atoms with Crippen molar-refractivity contribution >= 4 is 16.3 Å². The van der Waals surface area contributed by atoms with Crippen molar-refractivity contribution in [3.8, 4) is 11.5 Å². The van der Waals surface area contributed by atoms with Crippen LogP contribution in [0.1, 0.15) is 37.3 Å². The third kappa shape index (κ3) is 2.89. The number of nitrogens with zero attached hydrogens (tertiary/aromatic N) is 4. The van der Waals surface area contributed by atoms with Crippen LogP contribution in [0.15, 0.2) is 16.1 Å². The molecule has 2 N–H and O–H groups in total. The minimum Gasteiger partial charge on any atom is -0.368 e. The van der Waals surface area contributed by atoms with Crippen LogP contribution in [0.4, 0.5) is 0 Å². The molecule has 0 unspecified atom stereocenters. The van der Waals surface area contributed by atoms with Crippen LogP contribution in [-0.4, -0.2) is 31.7 Å². The van der Waals surface area contributed by atoms with E-state index in [-0.39, 0.29) is 6.10 Å². The van der Waals surface area contributed by atoms with Crippen molar-refractivity contribution in [1.29, 1.82) is 0 Å². The predicted octanol–water partition coefficient (Wildman–Crippen LogP) is 2.54. The molecule has 0 spiro atoms. The Bertz CT molecular complexity index is 800. The third-order valence-electron chi connectivity index (χ3n) is 4.28. The molecule has 122 valence electrons. The first-order valence-electron chi connectivity index (χ1n) is 7.83. The molecule has 23 heavy (non-hydrogen) atoms. The Balaban J connectivity index is 1.46. The lowest BCUT2D eigenvalue weighted by Gasteiger charge is -2.25. The van der Waals surface area contributed by atoms with E-state index in [1.165, 1.54) is 0 Å². The van der Waals surface area contributed by atoms with E-state index in [1.54, 1.807) is 11.3 Å². The normalized spacial score (nSPS) is 22.0. The molecule has 8 heteroatoms. The number of nitrogens with two attached hydrogens (primary N) is 1. The molecule has 0 saturated heterocycles. The summed E-state index contributed by atoms with van der Waals surface area (Å²) in [7, 11) is 0. The Labute approximate surface area is 137 Å². The van der Waals surface area contributed by atoms with Crippen molar-refractivity contribution in [3.63, 3.8) is 0 Å². The minimum atomic E-state index is 0.241. The van der Waals surface area contributed by atoms with Crippen LogP contribution in [0, 0.1) is 6.92 Å². The smallest absolute Gasteiger partial charge is 0.253 e. The summed E-state index contributed by atoms with van der Waals surface area (Å²) in [6, 6.07) is 0.322. The Morgan fingerprint density at radius 2 is 2.17 bits per heavy atom. The molecule has 0 amide bonds. The topological polar surface area (TPSA) is 91.5 Å². The number of aromatic nitrogens is 4. The molecule has 7 nitrogen and oxygen atoms in total. The fraction of sp³-hybridized carbons (Fsp3) is 0.533. The van der Waals surface area contributed by atoms with E-state index in [2.05, 4.69) is 15.1 Å². The minimum absolute atomic E-state index is 0.241. The predicted molar refractivity (Wildman–Crippen MR) is 86.1 cm³/mol. The van der Waals surface area contributed by atoms with Crippen LogP contribution in [0.2, 0.25) is 0 Å². The third-order valence-corrected chi connectivity index (χ3v) is 5.03. The summed E-state index contributed by atoms with van der Waals surface area (Å²) in [5.74, 6) is 1.05. The van der Waals surface area contributed by atoms with E-state index in [0.29, 0.717) is 24.4 Å². The summed E-state index contributed by atoms with van der Waals surface area (Å²) < 4.78 is 13.2. The van der Waals surface area contributed by atoms with Crippen LogP contribution >= 0.6 is 11.3 Å². The average molecular weight is 333 g/mol. The van der Waals surface area contributed by atoms with Gasteiger partial charge in [-0.3, -0.25) is 4.40 Å². The molecule has 1 fully saturated rings. The lowest BCUT2D eigenvalue weighted by atomic mass is 9.94. The summed E-state index contributed by atoms with van der Waals surface area (Å²) in [6.45, 7) is 2.30. The second kappa shape index (κ2) is 6.03. The van der Waals surface area contributed by atoms with E-state index >= 15 is 0 Å². The number of hydrogen-bond donors (Lipinski definition) is 1. The molecule has 0 radical (unpaired) electrons. The van der Waals surface area contributed by atoms with Gasteiger partial charge in [0.1, 0.15) is 12.3 Å². The summed E-state index contributed by atoms with van der Waals surface area (Å²) in [5.41, 5.74) is 7.68. The fourth-order valence-corrected chi connectivity index (χ4v) is 3.78. The van der Waals surface area contributed by atoms with E-state index in [4.69, 9.17) is 15.0 Å². The average Bonchev–Trinajstić information content (AvgIpc) is 3.22. The highest BCUT2D eigenvalue weighted by molar-refractivity contribution is 7.15. The number of ether oxygens (including phenoxy) is 1. The van der Waals surface area contributed by atoms with E-state index in [1.807, 2.05) is 22.9 Å². The van der Waals surface area contributed by atoms with Crippen molar-refractivity contribution in [2.24, 2.45) is 5.73 Å². The van der Waals surface area contributed by atoms with Crippen molar-refractivity contribution in [2.75, 3.05) is 0 Å². The second-order valence-corrected chi connectivity index (χ2v) is 6.83. The van der Waals surface area contributed by atoms with Gasteiger partial charge in [0.25, 0.3) is 5.89 Å². The highest BCUT2D eigenvalue weighted by Gasteiger charge is 2.21. The van der Waals surface area contributed by atoms with E-state index < -0.39 is 0 Å². The van der Waals surface area contributed by atoms with Gasteiger partial charge in [0.2, 0.25) is 5.82 Å². The molecule has 0 aliphatic heterocycles. The molecule has 3 aromatic rings. The molecular weight excluding hydrogens is 314 g/mol. The van der Waals surface area contributed by atoms with Crippen molar-refractivity contribution in [3.05, 3.63) is 23.2 Å². The molecule has 3 aromatic heterocycles. The van der Waals surface area contributed by atoms with Gasteiger partial charge in [0.05, 0.1) is 11.8 Å². The molecule has 1 saturated carbocycles. The van der Waals surface area contributed by atoms with Gasteiger partial charge in [-0.25, -0.2) is 4.98 Å². The molecule has 1 aliphatic carbocycles. The number of thiazole rings is 1. The lowest BCUT2D eigenvalue weighted by Crippen LogP contribution is -2.30. The summed E-state index contributed by atoms with van der Waals surface area (Å²) in [4.78, 5) is 9.89. The van der Waals surface area contributed by atoms with Crippen LogP contribution in [0.3, 0.4) is 0 Å². The molecule has 0 aromatic carbocycles. The Hall–Kier alpha value is -1.77. The Morgan fingerprint density at radius 1 is 1.35 bits per heavy atom. The SMILES string of the molecule is Cc1nc2sccn2c1-c1noc(COC2CCC(N)CC2)n1. The zero-order valence-electron chi connectivity index (χ0n) is 12.9. The molecule has 0 atom stereocenters. The molecule has 1 aliphatic rings. The number of fused-ring (bicyclic) bond motifs is 1. The van der Waals surface area contributed by atoms with Crippen molar-refractivity contribution in [1.82, 2.24) is 19.5 Å². The molecule has 3 heterocycles. The molecular formula is C15H19N5O2S. The van der Waals surface area contributed by atoms with Crippen molar-refractivity contribution in [2.45, 2.75) is 51.4 Å². The number of imidazole rings is 1. The maximum Gasteiger partial charge on any atom is 0.253 e. The van der Waals surface area contributed by atoms with E-state index in [0.717, 1.165) is 42.0 Å².